The lowest BCUT2D eigenvalue weighted by Crippen LogP contribution is -2.41. The van der Waals surface area contributed by atoms with Crippen LogP contribution in [0.4, 0.5) is 4.39 Å². The molecule has 1 aromatic heterocycles. The topological polar surface area (TPSA) is 83.6 Å². The van der Waals surface area contributed by atoms with E-state index in [-0.39, 0.29) is 24.1 Å². The fourth-order valence-electron chi connectivity index (χ4n) is 2.76. The van der Waals surface area contributed by atoms with Crippen LogP contribution in [-0.2, 0) is 16.0 Å². The normalized spacial score (nSPS) is 15.5. The molecule has 7 heteroatoms. The van der Waals surface area contributed by atoms with Gasteiger partial charge in [0.1, 0.15) is 12.1 Å². The summed E-state index contributed by atoms with van der Waals surface area (Å²) >= 11 is 0. The summed E-state index contributed by atoms with van der Waals surface area (Å²) in [6.45, 7) is 0.886. The Bertz CT molecular complexity index is 733. The van der Waals surface area contributed by atoms with Gasteiger partial charge in [0.25, 0.3) is 0 Å². The Morgan fingerprint density at radius 3 is 2.54 bits per heavy atom. The molecule has 0 saturated carbocycles. The average Bonchev–Trinajstić information content (AvgIpc) is 3.04. The predicted octanol–water partition coefficient (Wildman–Crippen LogP) is 2.35. The molecule has 1 saturated heterocycles. The monoisotopic (exact) mass is 332 g/mol. The van der Waals surface area contributed by atoms with Crippen LogP contribution in [0.15, 0.2) is 34.9 Å². The number of aromatic nitrogens is 1. The van der Waals surface area contributed by atoms with Gasteiger partial charge in [-0.05, 0) is 37.1 Å². The SMILES string of the molecule is O=C(O)C1CCN(C(=O)Cc2coc(-c3ccc(F)cc3)n2)CC1. The third-order valence-corrected chi connectivity index (χ3v) is 4.17. The molecule has 2 aromatic rings. The molecule has 0 unspecified atom stereocenters. The summed E-state index contributed by atoms with van der Waals surface area (Å²) in [5.74, 6) is -1.28. The van der Waals surface area contributed by atoms with E-state index in [2.05, 4.69) is 4.98 Å². The Labute approximate surface area is 137 Å². The second kappa shape index (κ2) is 6.82. The molecule has 0 spiro atoms. The minimum Gasteiger partial charge on any atom is -0.481 e. The number of oxazole rings is 1. The van der Waals surface area contributed by atoms with Crippen LogP contribution in [0.5, 0.6) is 0 Å². The maximum Gasteiger partial charge on any atom is 0.306 e. The molecular weight excluding hydrogens is 315 g/mol. The molecule has 0 aliphatic carbocycles. The zero-order valence-corrected chi connectivity index (χ0v) is 12.9. The Balaban J connectivity index is 1.59. The van der Waals surface area contributed by atoms with Crippen molar-refractivity contribution < 1.29 is 23.5 Å². The van der Waals surface area contributed by atoms with Gasteiger partial charge < -0.3 is 14.4 Å². The van der Waals surface area contributed by atoms with E-state index in [1.807, 2.05) is 0 Å². The number of amides is 1. The standard InChI is InChI=1S/C17H17FN2O4/c18-13-3-1-11(2-4-13)16-19-14(10-24-16)9-15(21)20-7-5-12(6-8-20)17(22)23/h1-4,10,12H,5-9H2,(H,22,23). The third kappa shape index (κ3) is 3.61. The number of rotatable bonds is 4. The molecule has 3 rings (SSSR count). The van der Waals surface area contributed by atoms with E-state index in [1.165, 1.54) is 18.4 Å². The first-order valence-electron chi connectivity index (χ1n) is 7.74. The number of likely N-dealkylation sites (tertiary alicyclic amines) is 1. The molecule has 0 atom stereocenters. The Hall–Kier alpha value is -2.70. The number of aliphatic carboxylic acids is 1. The Morgan fingerprint density at radius 2 is 1.92 bits per heavy atom. The van der Waals surface area contributed by atoms with Gasteiger partial charge in [-0.15, -0.1) is 0 Å². The van der Waals surface area contributed by atoms with E-state index in [9.17, 15) is 14.0 Å². The minimum atomic E-state index is -0.803. The lowest BCUT2D eigenvalue weighted by atomic mass is 9.97. The smallest absolute Gasteiger partial charge is 0.306 e. The summed E-state index contributed by atoms with van der Waals surface area (Å²) in [7, 11) is 0. The number of hydrogen-bond donors (Lipinski definition) is 1. The van der Waals surface area contributed by atoms with Crippen molar-refractivity contribution in [3.05, 3.63) is 42.0 Å². The van der Waals surface area contributed by atoms with Crippen LogP contribution in [0, 0.1) is 11.7 Å². The largest absolute Gasteiger partial charge is 0.481 e. The summed E-state index contributed by atoms with van der Waals surface area (Å²) in [6.07, 6.45) is 2.46. The highest BCUT2D eigenvalue weighted by Crippen LogP contribution is 2.21. The first-order chi connectivity index (χ1) is 11.5. The summed E-state index contributed by atoms with van der Waals surface area (Å²) in [5.41, 5.74) is 1.14. The van der Waals surface area contributed by atoms with Gasteiger partial charge in [0.2, 0.25) is 11.8 Å². The summed E-state index contributed by atoms with van der Waals surface area (Å²) < 4.78 is 18.3. The van der Waals surface area contributed by atoms with E-state index in [1.54, 1.807) is 17.0 Å². The maximum atomic E-state index is 12.9. The van der Waals surface area contributed by atoms with Gasteiger partial charge in [-0.25, -0.2) is 9.37 Å². The molecule has 24 heavy (non-hydrogen) atoms. The van der Waals surface area contributed by atoms with E-state index >= 15 is 0 Å². The number of carbonyl (C=O) groups is 2. The van der Waals surface area contributed by atoms with Gasteiger partial charge in [-0.3, -0.25) is 9.59 Å². The highest BCUT2D eigenvalue weighted by molar-refractivity contribution is 5.79. The van der Waals surface area contributed by atoms with E-state index in [0.29, 0.717) is 43.1 Å². The van der Waals surface area contributed by atoms with Crippen molar-refractivity contribution in [3.8, 4) is 11.5 Å². The number of carbonyl (C=O) groups excluding carboxylic acids is 1. The fourth-order valence-corrected chi connectivity index (χ4v) is 2.76. The van der Waals surface area contributed by atoms with Crippen molar-refractivity contribution >= 4 is 11.9 Å². The predicted molar refractivity (Wildman–Crippen MR) is 82.5 cm³/mol. The van der Waals surface area contributed by atoms with Crippen LogP contribution >= 0.6 is 0 Å². The lowest BCUT2D eigenvalue weighted by Gasteiger charge is -2.29. The number of nitrogens with zero attached hydrogens (tertiary/aromatic N) is 2. The molecule has 1 N–H and O–H groups in total. The molecule has 0 bridgehead atoms. The van der Waals surface area contributed by atoms with Gasteiger partial charge in [0.05, 0.1) is 18.0 Å². The number of halogens is 1. The molecule has 6 nitrogen and oxygen atoms in total. The number of benzene rings is 1. The number of carboxylic acid groups (broad SMARTS) is 1. The molecule has 126 valence electrons. The van der Waals surface area contributed by atoms with E-state index < -0.39 is 5.97 Å². The highest BCUT2D eigenvalue weighted by atomic mass is 19.1. The van der Waals surface area contributed by atoms with Crippen LogP contribution < -0.4 is 0 Å². The quantitative estimate of drug-likeness (QED) is 0.929. The van der Waals surface area contributed by atoms with Gasteiger partial charge >= 0.3 is 5.97 Å². The molecule has 2 heterocycles. The van der Waals surface area contributed by atoms with Gasteiger partial charge in [-0.2, -0.15) is 0 Å². The second-order valence-electron chi connectivity index (χ2n) is 5.82. The Kier molecular flexibility index (Phi) is 4.59. The molecule has 1 amide bonds. The van der Waals surface area contributed by atoms with Crippen LogP contribution in [0.3, 0.4) is 0 Å². The van der Waals surface area contributed by atoms with Crippen molar-refractivity contribution in [2.45, 2.75) is 19.3 Å². The number of piperidine rings is 1. The van der Waals surface area contributed by atoms with Crippen molar-refractivity contribution in [3.63, 3.8) is 0 Å². The van der Waals surface area contributed by atoms with Crippen molar-refractivity contribution in [2.24, 2.45) is 5.92 Å². The fraction of sp³-hybridized carbons (Fsp3) is 0.353. The highest BCUT2D eigenvalue weighted by Gasteiger charge is 2.27. The van der Waals surface area contributed by atoms with Crippen LogP contribution in [0.25, 0.3) is 11.5 Å². The third-order valence-electron chi connectivity index (χ3n) is 4.17. The summed E-state index contributed by atoms with van der Waals surface area (Å²) in [5, 5.41) is 8.98. The van der Waals surface area contributed by atoms with E-state index in [4.69, 9.17) is 9.52 Å². The summed E-state index contributed by atoms with van der Waals surface area (Å²) in [4.78, 5) is 29.1. The van der Waals surface area contributed by atoms with Gasteiger partial charge in [-0.1, -0.05) is 0 Å². The Morgan fingerprint density at radius 1 is 1.25 bits per heavy atom. The number of carboxylic acids is 1. The molecule has 1 aliphatic rings. The zero-order valence-electron chi connectivity index (χ0n) is 12.9. The van der Waals surface area contributed by atoms with Gasteiger partial charge in [0, 0.05) is 18.7 Å². The lowest BCUT2D eigenvalue weighted by molar-refractivity contribution is -0.145. The first kappa shape index (κ1) is 16.2. The number of hydrogen-bond acceptors (Lipinski definition) is 4. The molecule has 1 fully saturated rings. The van der Waals surface area contributed by atoms with Crippen molar-refractivity contribution in [1.29, 1.82) is 0 Å². The van der Waals surface area contributed by atoms with Crippen LogP contribution in [0.1, 0.15) is 18.5 Å². The maximum absolute atomic E-state index is 12.9. The molecule has 0 radical (unpaired) electrons. The molecule has 1 aliphatic heterocycles. The molecular formula is C17H17FN2O4. The van der Waals surface area contributed by atoms with Crippen LogP contribution in [-0.4, -0.2) is 40.0 Å². The van der Waals surface area contributed by atoms with Crippen molar-refractivity contribution in [1.82, 2.24) is 9.88 Å². The molecule has 1 aromatic carbocycles. The van der Waals surface area contributed by atoms with Crippen molar-refractivity contribution in [2.75, 3.05) is 13.1 Å². The summed E-state index contributed by atoms with van der Waals surface area (Å²) in [6, 6.07) is 5.75. The zero-order chi connectivity index (χ0) is 17.1. The first-order valence-corrected chi connectivity index (χ1v) is 7.74. The van der Waals surface area contributed by atoms with E-state index in [0.717, 1.165) is 0 Å². The van der Waals surface area contributed by atoms with Gasteiger partial charge in [0.15, 0.2) is 0 Å². The average molecular weight is 332 g/mol. The minimum absolute atomic E-state index is 0.0993. The van der Waals surface area contributed by atoms with Crippen LogP contribution in [0.2, 0.25) is 0 Å². The second-order valence-corrected chi connectivity index (χ2v) is 5.82.